The third kappa shape index (κ3) is 3.31. The first-order chi connectivity index (χ1) is 14.4. The molecule has 30 heavy (non-hydrogen) atoms. The van der Waals surface area contributed by atoms with Crippen LogP contribution in [0.15, 0.2) is 36.8 Å². The average molecular weight is 411 g/mol. The highest BCUT2D eigenvalue weighted by molar-refractivity contribution is 5.86. The number of rotatable bonds is 3. The second-order valence-corrected chi connectivity index (χ2v) is 7.39. The Hall–Kier alpha value is -2.99. The molecule has 4 atom stereocenters. The summed E-state index contributed by atoms with van der Waals surface area (Å²) in [6.07, 6.45) is -0.629. The van der Waals surface area contributed by atoms with Crippen molar-refractivity contribution in [3.63, 3.8) is 0 Å². The molecule has 156 valence electrons. The van der Waals surface area contributed by atoms with E-state index in [4.69, 9.17) is 9.47 Å². The highest BCUT2D eigenvalue weighted by atomic mass is 19.1. The van der Waals surface area contributed by atoms with Crippen molar-refractivity contribution >= 4 is 11.0 Å². The fraction of sp³-hybridized carbons (Fsp3) is 0.364. The number of fused-ring (bicyclic) bond motifs is 1. The number of hydrogen-bond acceptors (Lipinski definition) is 6. The molecule has 0 spiro atoms. The number of halogens is 1. The van der Waals surface area contributed by atoms with Crippen LogP contribution in [0.4, 0.5) is 4.39 Å². The fourth-order valence-electron chi connectivity index (χ4n) is 3.69. The Morgan fingerprint density at radius 2 is 2.00 bits per heavy atom. The molecule has 0 amide bonds. The summed E-state index contributed by atoms with van der Waals surface area (Å²) < 4.78 is 27.7. The highest BCUT2D eigenvalue weighted by Gasteiger charge is 2.55. The molecule has 0 radical (unpaired) electrons. The Bertz CT molecular complexity index is 1130. The minimum absolute atomic E-state index is 0.446. The van der Waals surface area contributed by atoms with Gasteiger partial charge in [0.05, 0.1) is 30.4 Å². The van der Waals surface area contributed by atoms with Crippen molar-refractivity contribution in [3.8, 4) is 17.6 Å². The smallest absolute Gasteiger partial charge is 0.181 e. The predicted octanol–water partition coefficient (Wildman–Crippen LogP) is 2.13. The van der Waals surface area contributed by atoms with Gasteiger partial charge in [-0.15, -0.1) is 0 Å². The second-order valence-electron chi connectivity index (χ2n) is 7.39. The van der Waals surface area contributed by atoms with Crippen LogP contribution in [0.3, 0.4) is 0 Å². The van der Waals surface area contributed by atoms with Crippen LogP contribution < -0.4 is 4.74 Å². The molecule has 0 saturated carbocycles. The topological polar surface area (TPSA) is 89.6 Å². The largest absolute Gasteiger partial charge is 0.497 e. The van der Waals surface area contributed by atoms with Gasteiger partial charge in [-0.1, -0.05) is 11.8 Å². The zero-order valence-electron chi connectivity index (χ0n) is 16.8. The molecule has 3 heterocycles. The van der Waals surface area contributed by atoms with Crippen molar-refractivity contribution in [2.45, 2.75) is 38.0 Å². The van der Waals surface area contributed by atoms with Gasteiger partial charge in [0.2, 0.25) is 0 Å². The van der Waals surface area contributed by atoms with E-state index in [1.54, 1.807) is 13.3 Å². The standard InChI is InChI=1S/C22H22FN3O4/c1-13-18-15(7-4-14-5-8-16(29-3)9-6-14)10-26(20(18)25-12-24-13)21-22(2,23)19(28)17(11-27)30-21/h5-6,8-10,12,17,19,21,27-28H,11H2,1-3H3/t17-,19-,21-,22-/m1/s1. The number of benzene rings is 1. The predicted molar refractivity (Wildman–Crippen MR) is 108 cm³/mol. The maximum Gasteiger partial charge on any atom is 0.181 e. The summed E-state index contributed by atoms with van der Waals surface area (Å²) in [7, 11) is 1.60. The van der Waals surface area contributed by atoms with Crippen molar-refractivity contribution in [2.24, 2.45) is 0 Å². The SMILES string of the molecule is COc1ccc(C#Cc2cn([C@@H]3O[C@H](CO)[C@@H](O)[C@@]3(C)F)c3ncnc(C)c23)cc1. The summed E-state index contributed by atoms with van der Waals surface area (Å²) in [4.78, 5) is 8.54. The quantitative estimate of drug-likeness (QED) is 0.642. The number of ether oxygens (including phenoxy) is 2. The van der Waals surface area contributed by atoms with E-state index in [9.17, 15) is 10.2 Å². The number of aromatic nitrogens is 3. The molecule has 0 unspecified atom stereocenters. The van der Waals surface area contributed by atoms with Crippen LogP contribution in [-0.4, -0.2) is 56.3 Å². The van der Waals surface area contributed by atoms with E-state index in [0.29, 0.717) is 22.3 Å². The van der Waals surface area contributed by atoms with E-state index < -0.39 is 30.7 Å². The van der Waals surface area contributed by atoms with Crippen molar-refractivity contribution in [1.82, 2.24) is 14.5 Å². The lowest BCUT2D eigenvalue weighted by Gasteiger charge is -2.25. The van der Waals surface area contributed by atoms with Crippen LogP contribution in [0.1, 0.15) is 30.0 Å². The molecule has 2 N–H and O–H groups in total. The molecular formula is C22H22FN3O4. The zero-order chi connectivity index (χ0) is 21.5. The Labute approximate surface area is 173 Å². The maximum absolute atomic E-state index is 15.4. The van der Waals surface area contributed by atoms with Gasteiger partial charge in [0.15, 0.2) is 11.9 Å². The maximum atomic E-state index is 15.4. The van der Waals surface area contributed by atoms with E-state index in [1.807, 2.05) is 31.2 Å². The summed E-state index contributed by atoms with van der Waals surface area (Å²) in [6.45, 7) is 2.58. The second kappa shape index (κ2) is 7.69. The molecule has 1 aliphatic rings. The highest BCUT2D eigenvalue weighted by Crippen LogP contribution is 2.43. The first-order valence-corrected chi connectivity index (χ1v) is 9.48. The number of methoxy groups -OCH3 is 1. The van der Waals surface area contributed by atoms with E-state index in [1.165, 1.54) is 17.8 Å². The number of aliphatic hydroxyl groups is 2. The molecule has 1 saturated heterocycles. The lowest BCUT2D eigenvalue weighted by atomic mass is 9.98. The molecule has 7 nitrogen and oxygen atoms in total. The first-order valence-electron chi connectivity index (χ1n) is 9.48. The van der Waals surface area contributed by atoms with Crippen molar-refractivity contribution in [1.29, 1.82) is 0 Å². The molecule has 4 rings (SSSR count). The zero-order valence-corrected chi connectivity index (χ0v) is 16.8. The van der Waals surface area contributed by atoms with Gasteiger partial charge in [0, 0.05) is 11.8 Å². The Kier molecular flexibility index (Phi) is 5.20. The fourth-order valence-corrected chi connectivity index (χ4v) is 3.69. The van der Waals surface area contributed by atoms with Gasteiger partial charge in [-0.05, 0) is 38.1 Å². The van der Waals surface area contributed by atoms with E-state index in [2.05, 4.69) is 21.8 Å². The molecule has 1 aromatic carbocycles. The minimum atomic E-state index is -2.13. The molecule has 2 aromatic heterocycles. The molecule has 3 aromatic rings. The van der Waals surface area contributed by atoms with Gasteiger partial charge in [-0.2, -0.15) is 0 Å². The molecular weight excluding hydrogens is 389 g/mol. The van der Waals surface area contributed by atoms with Crippen LogP contribution in [0.2, 0.25) is 0 Å². The lowest BCUT2D eigenvalue weighted by molar-refractivity contribution is -0.0564. The number of alkyl halides is 1. The van der Waals surface area contributed by atoms with Gasteiger partial charge >= 0.3 is 0 Å². The number of nitrogens with zero attached hydrogens (tertiary/aromatic N) is 3. The average Bonchev–Trinajstić information content (AvgIpc) is 3.22. The normalized spacial score (nSPS) is 25.9. The van der Waals surface area contributed by atoms with Crippen LogP contribution in [0, 0.1) is 18.8 Å². The summed E-state index contributed by atoms with van der Waals surface area (Å²) in [6, 6.07) is 7.32. The van der Waals surface area contributed by atoms with Gasteiger partial charge in [-0.3, -0.25) is 0 Å². The van der Waals surface area contributed by atoms with Crippen molar-refractivity contribution in [3.05, 3.63) is 53.6 Å². The van der Waals surface area contributed by atoms with Crippen molar-refractivity contribution < 1.29 is 24.1 Å². The third-order valence-corrected chi connectivity index (χ3v) is 5.38. The number of aryl methyl sites for hydroxylation is 1. The number of hydrogen-bond donors (Lipinski definition) is 2. The summed E-state index contributed by atoms with van der Waals surface area (Å²) in [5.74, 6) is 6.93. The summed E-state index contributed by atoms with van der Waals surface area (Å²) in [5.41, 5.74) is 0.408. The molecule has 1 fully saturated rings. The molecule has 8 heteroatoms. The lowest BCUT2D eigenvalue weighted by Crippen LogP contribution is -2.40. The monoisotopic (exact) mass is 411 g/mol. The Balaban J connectivity index is 1.81. The van der Waals surface area contributed by atoms with Gasteiger partial charge < -0.3 is 24.3 Å². The first kappa shape index (κ1) is 20.3. The van der Waals surface area contributed by atoms with Gasteiger partial charge in [0.25, 0.3) is 0 Å². The molecule has 0 bridgehead atoms. The Morgan fingerprint density at radius 3 is 2.63 bits per heavy atom. The Morgan fingerprint density at radius 1 is 1.27 bits per heavy atom. The van der Waals surface area contributed by atoms with Crippen LogP contribution in [0.25, 0.3) is 11.0 Å². The molecule has 0 aliphatic carbocycles. The molecule has 1 aliphatic heterocycles. The summed E-state index contributed by atoms with van der Waals surface area (Å²) >= 11 is 0. The van der Waals surface area contributed by atoms with Gasteiger partial charge in [-0.25, -0.2) is 14.4 Å². The van der Waals surface area contributed by atoms with Gasteiger partial charge in [0.1, 0.15) is 29.9 Å². The number of aliphatic hydroxyl groups excluding tert-OH is 2. The van der Waals surface area contributed by atoms with E-state index in [0.717, 1.165) is 11.3 Å². The third-order valence-electron chi connectivity index (χ3n) is 5.38. The van der Waals surface area contributed by atoms with Crippen LogP contribution >= 0.6 is 0 Å². The summed E-state index contributed by atoms with van der Waals surface area (Å²) in [5, 5.41) is 20.3. The van der Waals surface area contributed by atoms with E-state index >= 15 is 4.39 Å². The van der Waals surface area contributed by atoms with Crippen LogP contribution in [0.5, 0.6) is 5.75 Å². The van der Waals surface area contributed by atoms with Crippen molar-refractivity contribution in [2.75, 3.05) is 13.7 Å². The van der Waals surface area contributed by atoms with Crippen LogP contribution in [-0.2, 0) is 4.74 Å². The minimum Gasteiger partial charge on any atom is -0.497 e. The van der Waals surface area contributed by atoms with E-state index in [-0.39, 0.29) is 0 Å².